The molecule has 2 rings (SSSR count). The van der Waals surface area contributed by atoms with Gasteiger partial charge in [0.1, 0.15) is 5.75 Å². The number of benzene rings is 2. The molecule has 0 fully saturated rings. The summed E-state index contributed by atoms with van der Waals surface area (Å²) in [5, 5.41) is 20.0. The predicted octanol–water partition coefficient (Wildman–Crippen LogP) is 2.52. The van der Waals surface area contributed by atoms with E-state index in [9.17, 15) is 20.2 Å². The predicted molar refractivity (Wildman–Crippen MR) is 87.7 cm³/mol. The lowest BCUT2D eigenvalue weighted by Crippen LogP contribution is -2.19. The number of hydrogen-bond donors (Lipinski definition) is 1. The lowest BCUT2D eigenvalue weighted by atomic mass is 10.0. The lowest BCUT2D eigenvalue weighted by molar-refractivity contribution is -0.384. The van der Waals surface area contributed by atoms with Gasteiger partial charge in [0.25, 0.3) is 11.6 Å². The van der Waals surface area contributed by atoms with Crippen molar-refractivity contribution in [2.24, 2.45) is 5.73 Å². The normalized spacial score (nSPS) is 10.7. The van der Waals surface area contributed by atoms with Crippen molar-refractivity contribution >= 4 is 23.2 Å². The van der Waals surface area contributed by atoms with E-state index in [4.69, 9.17) is 10.5 Å². The number of nitrogens with two attached hydrogens (primary N) is 1. The van der Waals surface area contributed by atoms with Crippen LogP contribution in [0.1, 0.15) is 11.1 Å². The van der Waals surface area contributed by atoms with Gasteiger partial charge in [0, 0.05) is 12.1 Å². The average molecular weight is 323 g/mol. The van der Waals surface area contributed by atoms with Crippen LogP contribution in [0, 0.1) is 21.4 Å². The van der Waals surface area contributed by atoms with Crippen LogP contribution >= 0.6 is 0 Å². The Balaban J connectivity index is 2.27. The molecule has 0 radical (unpaired) electrons. The van der Waals surface area contributed by atoms with Crippen LogP contribution in [0.15, 0.2) is 48.5 Å². The maximum atomic E-state index is 10.7. The second-order valence-corrected chi connectivity index (χ2v) is 4.80. The lowest BCUT2D eigenvalue weighted by Gasteiger charge is -2.05. The van der Waals surface area contributed by atoms with E-state index < -0.39 is 10.8 Å². The minimum Gasteiger partial charge on any atom is -0.484 e. The zero-order valence-corrected chi connectivity index (χ0v) is 12.5. The number of nitro benzene ring substituents is 1. The summed E-state index contributed by atoms with van der Waals surface area (Å²) in [5.74, 6) is -0.136. The smallest absolute Gasteiger partial charge is 0.269 e. The fourth-order valence-corrected chi connectivity index (χ4v) is 1.96. The number of amides is 1. The van der Waals surface area contributed by atoms with Crippen molar-refractivity contribution in [3.63, 3.8) is 0 Å². The van der Waals surface area contributed by atoms with Crippen LogP contribution in [0.5, 0.6) is 5.75 Å². The topological polar surface area (TPSA) is 119 Å². The molecule has 0 aromatic heterocycles. The monoisotopic (exact) mass is 323 g/mol. The van der Waals surface area contributed by atoms with Crippen LogP contribution in [0.2, 0.25) is 0 Å². The van der Waals surface area contributed by atoms with Gasteiger partial charge in [-0.25, -0.2) is 0 Å². The van der Waals surface area contributed by atoms with E-state index in [-0.39, 0.29) is 12.3 Å². The number of nitrogens with zero attached hydrogens (tertiary/aromatic N) is 2. The van der Waals surface area contributed by atoms with Crippen LogP contribution in [0.4, 0.5) is 5.69 Å². The summed E-state index contributed by atoms with van der Waals surface area (Å²) in [6, 6.07) is 14.6. The van der Waals surface area contributed by atoms with Crippen molar-refractivity contribution in [3.8, 4) is 11.8 Å². The fraction of sp³-hybridized carbons (Fsp3) is 0.0588. The second-order valence-electron chi connectivity index (χ2n) is 4.80. The van der Waals surface area contributed by atoms with Gasteiger partial charge in [-0.3, -0.25) is 14.9 Å². The van der Waals surface area contributed by atoms with E-state index in [0.29, 0.717) is 22.4 Å². The standard InChI is InChI=1S/C17H13N3O4/c18-10-14(13-4-6-15(7-5-13)20(22)23)8-12-2-1-3-16(9-12)24-11-17(19)21/h1-9H,11H2,(H2,19,21)/b14-8-. The summed E-state index contributed by atoms with van der Waals surface area (Å²) < 4.78 is 5.21. The third-order valence-corrected chi connectivity index (χ3v) is 3.06. The van der Waals surface area contributed by atoms with Crippen molar-refractivity contribution in [2.45, 2.75) is 0 Å². The molecule has 0 aliphatic heterocycles. The fourth-order valence-electron chi connectivity index (χ4n) is 1.96. The first-order valence-corrected chi connectivity index (χ1v) is 6.87. The highest BCUT2D eigenvalue weighted by Crippen LogP contribution is 2.22. The number of non-ortho nitro benzene ring substituents is 1. The molecular weight excluding hydrogens is 310 g/mol. The van der Waals surface area contributed by atoms with Gasteiger partial charge in [0.05, 0.1) is 16.6 Å². The molecule has 0 unspecified atom stereocenters. The Bertz CT molecular complexity index is 836. The van der Waals surface area contributed by atoms with E-state index >= 15 is 0 Å². The van der Waals surface area contributed by atoms with Gasteiger partial charge in [-0.1, -0.05) is 12.1 Å². The number of rotatable bonds is 6. The first kappa shape index (κ1) is 16.7. The Kier molecular flexibility index (Phi) is 5.26. The SMILES string of the molecule is N#C/C(=C/c1cccc(OCC(N)=O)c1)c1ccc([N+](=O)[O-])cc1. The van der Waals surface area contributed by atoms with Gasteiger partial charge in [-0.05, 0) is 41.5 Å². The van der Waals surface area contributed by atoms with Gasteiger partial charge in [0.15, 0.2) is 6.61 Å². The number of ether oxygens (including phenoxy) is 1. The van der Waals surface area contributed by atoms with Crippen LogP contribution in [-0.2, 0) is 4.79 Å². The Morgan fingerprint density at radius 2 is 2.00 bits per heavy atom. The number of allylic oxidation sites excluding steroid dienone is 1. The molecule has 2 aromatic rings. The highest BCUT2D eigenvalue weighted by atomic mass is 16.6. The number of nitro groups is 1. The molecule has 2 aromatic carbocycles. The molecule has 0 aliphatic rings. The number of carbonyl (C=O) groups excluding carboxylic acids is 1. The van der Waals surface area contributed by atoms with Crippen LogP contribution < -0.4 is 10.5 Å². The molecule has 120 valence electrons. The molecule has 0 spiro atoms. The molecule has 24 heavy (non-hydrogen) atoms. The second kappa shape index (κ2) is 7.56. The van der Waals surface area contributed by atoms with Crippen molar-refractivity contribution < 1.29 is 14.5 Å². The number of carbonyl (C=O) groups is 1. The minimum absolute atomic E-state index is 0.0436. The van der Waals surface area contributed by atoms with Crippen molar-refractivity contribution in [1.29, 1.82) is 5.26 Å². The zero-order chi connectivity index (χ0) is 17.5. The number of nitriles is 1. The number of hydrogen-bond acceptors (Lipinski definition) is 5. The maximum absolute atomic E-state index is 10.7. The van der Waals surface area contributed by atoms with Crippen molar-refractivity contribution in [2.75, 3.05) is 6.61 Å². The summed E-state index contributed by atoms with van der Waals surface area (Å²) in [4.78, 5) is 20.9. The van der Waals surface area contributed by atoms with Gasteiger partial charge in [-0.15, -0.1) is 0 Å². The Morgan fingerprint density at radius 3 is 2.58 bits per heavy atom. The molecule has 7 heteroatoms. The molecule has 0 bridgehead atoms. The third-order valence-electron chi connectivity index (χ3n) is 3.06. The highest BCUT2D eigenvalue weighted by Gasteiger charge is 2.07. The highest BCUT2D eigenvalue weighted by molar-refractivity contribution is 5.89. The summed E-state index contributed by atoms with van der Waals surface area (Å²) in [6.07, 6.45) is 1.62. The molecule has 0 aliphatic carbocycles. The summed E-state index contributed by atoms with van der Waals surface area (Å²) in [6.45, 7) is -0.235. The average Bonchev–Trinajstić information content (AvgIpc) is 2.58. The van der Waals surface area contributed by atoms with Crippen molar-refractivity contribution in [1.82, 2.24) is 0 Å². The summed E-state index contributed by atoms with van der Waals surface area (Å²) >= 11 is 0. The molecule has 0 atom stereocenters. The first-order valence-electron chi connectivity index (χ1n) is 6.87. The number of primary amides is 1. The van der Waals surface area contributed by atoms with E-state index in [1.807, 2.05) is 0 Å². The quantitative estimate of drug-likeness (QED) is 0.379. The van der Waals surface area contributed by atoms with Gasteiger partial charge in [0.2, 0.25) is 0 Å². The van der Waals surface area contributed by atoms with Crippen molar-refractivity contribution in [3.05, 3.63) is 69.8 Å². The third kappa shape index (κ3) is 4.42. The zero-order valence-electron chi connectivity index (χ0n) is 12.5. The van der Waals surface area contributed by atoms with E-state index in [1.165, 1.54) is 24.3 Å². The Labute approximate surface area is 137 Å². The summed E-state index contributed by atoms with van der Waals surface area (Å²) in [7, 11) is 0. The molecule has 2 N–H and O–H groups in total. The summed E-state index contributed by atoms with van der Waals surface area (Å²) in [5.41, 5.74) is 6.57. The first-order chi connectivity index (χ1) is 11.5. The van der Waals surface area contributed by atoms with E-state index in [1.54, 1.807) is 30.3 Å². The maximum Gasteiger partial charge on any atom is 0.269 e. The molecule has 0 saturated heterocycles. The van der Waals surface area contributed by atoms with Crippen LogP contribution in [0.25, 0.3) is 11.6 Å². The molecule has 7 nitrogen and oxygen atoms in total. The van der Waals surface area contributed by atoms with Gasteiger partial charge in [-0.2, -0.15) is 5.26 Å². The minimum atomic E-state index is -0.584. The largest absolute Gasteiger partial charge is 0.484 e. The Morgan fingerprint density at radius 1 is 1.29 bits per heavy atom. The van der Waals surface area contributed by atoms with E-state index in [2.05, 4.69) is 6.07 Å². The Hall–Kier alpha value is -3.66. The van der Waals surface area contributed by atoms with Crippen LogP contribution in [0.3, 0.4) is 0 Å². The van der Waals surface area contributed by atoms with Crippen LogP contribution in [-0.4, -0.2) is 17.4 Å². The molecule has 1 amide bonds. The molecule has 0 heterocycles. The van der Waals surface area contributed by atoms with E-state index in [0.717, 1.165) is 0 Å². The van der Waals surface area contributed by atoms with Gasteiger partial charge < -0.3 is 10.5 Å². The molecular formula is C17H13N3O4. The van der Waals surface area contributed by atoms with Gasteiger partial charge >= 0.3 is 0 Å². The molecule has 0 saturated carbocycles.